The van der Waals surface area contributed by atoms with Crippen LogP contribution in [0.4, 0.5) is 5.13 Å². The molecular formula is C22H22N2O4S2. The van der Waals surface area contributed by atoms with Gasteiger partial charge in [0.15, 0.2) is 20.8 Å². The van der Waals surface area contributed by atoms with Crippen LogP contribution in [0.2, 0.25) is 0 Å². The van der Waals surface area contributed by atoms with Crippen LogP contribution >= 0.6 is 11.3 Å². The fourth-order valence-corrected chi connectivity index (χ4v) is 5.29. The Morgan fingerprint density at radius 2 is 1.80 bits per heavy atom. The molecule has 0 aliphatic heterocycles. The molecule has 30 heavy (non-hydrogen) atoms. The Bertz CT molecular complexity index is 1250. The van der Waals surface area contributed by atoms with Gasteiger partial charge in [-0.15, -0.1) is 0 Å². The van der Waals surface area contributed by atoms with Crippen molar-refractivity contribution in [3.05, 3.63) is 53.1 Å². The lowest BCUT2D eigenvalue weighted by atomic mass is 9.89. The number of Topliss-reactive ketones (excluding diaryl/α,β-unsaturated/α-hetero) is 1. The zero-order valence-electron chi connectivity index (χ0n) is 16.6. The highest BCUT2D eigenvalue weighted by molar-refractivity contribution is 7.90. The van der Waals surface area contributed by atoms with Crippen molar-refractivity contribution in [2.24, 2.45) is 0 Å². The number of hydrogen-bond donors (Lipinski definition) is 1. The van der Waals surface area contributed by atoms with Gasteiger partial charge in [-0.05, 0) is 61.1 Å². The number of aromatic nitrogens is 1. The van der Waals surface area contributed by atoms with E-state index < -0.39 is 9.84 Å². The monoisotopic (exact) mass is 442 g/mol. The molecule has 0 unspecified atom stereocenters. The standard InChI is InChI=1S/C22H22N2O4S2/c1-30(27,28)17-8-9-18-20(13-17)29-22(23-18)24-21(26)11-10-19(25)16-7-6-14-4-2-3-5-15(14)12-16/h6-9,12-13H,2-5,10-11H2,1H3,(H,23,24,26). The maximum absolute atomic E-state index is 12.5. The van der Waals surface area contributed by atoms with Crippen LogP contribution in [0.15, 0.2) is 41.3 Å². The molecule has 4 rings (SSSR count). The van der Waals surface area contributed by atoms with Gasteiger partial charge in [0.25, 0.3) is 0 Å². The molecule has 0 radical (unpaired) electrons. The number of nitrogens with zero attached hydrogens (tertiary/aromatic N) is 1. The van der Waals surface area contributed by atoms with Crippen LogP contribution in [0.1, 0.15) is 47.2 Å². The lowest BCUT2D eigenvalue weighted by molar-refractivity contribution is -0.116. The molecule has 3 aromatic rings. The maximum Gasteiger partial charge on any atom is 0.226 e. The van der Waals surface area contributed by atoms with Crippen molar-refractivity contribution >= 4 is 48.2 Å². The SMILES string of the molecule is CS(=O)(=O)c1ccc2nc(NC(=O)CCC(=O)c3ccc4c(c3)CCCC4)sc2c1. The number of fused-ring (bicyclic) bond motifs is 2. The molecule has 156 valence electrons. The summed E-state index contributed by atoms with van der Waals surface area (Å²) in [7, 11) is -3.30. The van der Waals surface area contributed by atoms with Crippen molar-refractivity contribution < 1.29 is 18.0 Å². The molecule has 2 aromatic carbocycles. The summed E-state index contributed by atoms with van der Waals surface area (Å²) in [5.41, 5.74) is 3.86. The Morgan fingerprint density at radius 3 is 2.57 bits per heavy atom. The largest absolute Gasteiger partial charge is 0.302 e. The number of nitrogens with one attached hydrogen (secondary N) is 1. The van der Waals surface area contributed by atoms with Crippen LogP contribution < -0.4 is 5.32 Å². The smallest absolute Gasteiger partial charge is 0.226 e. The van der Waals surface area contributed by atoms with Gasteiger partial charge >= 0.3 is 0 Å². The number of hydrogen-bond acceptors (Lipinski definition) is 6. The van der Waals surface area contributed by atoms with Crippen molar-refractivity contribution in [2.75, 3.05) is 11.6 Å². The molecule has 0 atom stereocenters. The fourth-order valence-electron chi connectivity index (χ4n) is 3.65. The highest BCUT2D eigenvalue weighted by Gasteiger charge is 2.16. The van der Waals surface area contributed by atoms with E-state index in [1.165, 1.54) is 35.0 Å². The number of anilines is 1. The summed E-state index contributed by atoms with van der Waals surface area (Å²) in [6.45, 7) is 0. The minimum Gasteiger partial charge on any atom is -0.302 e. The molecule has 0 saturated carbocycles. The number of amides is 1. The van der Waals surface area contributed by atoms with E-state index >= 15 is 0 Å². The second-order valence-electron chi connectivity index (χ2n) is 7.58. The summed E-state index contributed by atoms with van der Waals surface area (Å²) in [5.74, 6) is -0.329. The number of thiazole rings is 1. The molecule has 1 aliphatic carbocycles. The van der Waals surface area contributed by atoms with Gasteiger partial charge in [0.05, 0.1) is 15.1 Å². The highest BCUT2D eigenvalue weighted by atomic mass is 32.2. The van der Waals surface area contributed by atoms with E-state index in [-0.39, 0.29) is 29.4 Å². The number of carbonyl (C=O) groups is 2. The predicted octanol–water partition coefficient (Wildman–Crippen LogP) is 4.18. The molecule has 0 spiro atoms. The zero-order chi connectivity index (χ0) is 21.3. The molecule has 0 fully saturated rings. The number of aryl methyl sites for hydroxylation is 2. The predicted molar refractivity (Wildman–Crippen MR) is 118 cm³/mol. The molecule has 0 bridgehead atoms. The topological polar surface area (TPSA) is 93.2 Å². The minimum absolute atomic E-state index is 0.0411. The summed E-state index contributed by atoms with van der Waals surface area (Å²) in [5, 5.41) is 3.10. The van der Waals surface area contributed by atoms with Gasteiger partial charge in [-0.3, -0.25) is 9.59 Å². The third kappa shape index (κ3) is 4.60. The molecule has 1 heterocycles. The van der Waals surface area contributed by atoms with E-state index in [2.05, 4.69) is 10.3 Å². The van der Waals surface area contributed by atoms with E-state index in [4.69, 9.17) is 0 Å². The molecule has 1 aliphatic rings. The summed E-state index contributed by atoms with van der Waals surface area (Å²) in [6, 6.07) is 10.5. The average Bonchev–Trinajstić information content (AvgIpc) is 3.12. The summed E-state index contributed by atoms with van der Waals surface area (Å²) < 4.78 is 24.1. The number of benzene rings is 2. The normalized spacial score (nSPS) is 13.8. The third-order valence-electron chi connectivity index (χ3n) is 5.28. The van der Waals surface area contributed by atoms with Crippen molar-refractivity contribution in [3.8, 4) is 0 Å². The molecule has 1 N–H and O–H groups in total. The van der Waals surface area contributed by atoms with Crippen LogP contribution in [-0.4, -0.2) is 31.3 Å². The summed E-state index contributed by atoms with van der Waals surface area (Å²) in [4.78, 5) is 29.3. The second kappa shape index (κ2) is 8.28. The Morgan fingerprint density at radius 1 is 1.03 bits per heavy atom. The average molecular weight is 443 g/mol. The van der Waals surface area contributed by atoms with Crippen LogP contribution in [-0.2, 0) is 27.5 Å². The lowest BCUT2D eigenvalue weighted by Crippen LogP contribution is -2.13. The third-order valence-corrected chi connectivity index (χ3v) is 7.33. The Labute approximate surface area is 179 Å². The molecular weight excluding hydrogens is 420 g/mol. The van der Waals surface area contributed by atoms with Crippen LogP contribution in [0.25, 0.3) is 10.2 Å². The first-order valence-corrected chi connectivity index (χ1v) is 12.6. The molecule has 0 saturated heterocycles. The molecule has 6 nitrogen and oxygen atoms in total. The van der Waals surface area contributed by atoms with E-state index in [0.717, 1.165) is 25.5 Å². The summed E-state index contributed by atoms with van der Waals surface area (Å²) in [6.07, 6.45) is 5.78. The first-order chi connectivity index (χ1) is 14.3. The van der Waals surface area contributed by atoms with Gasteiger partial charge in [-0.2, -0.15) is 0 Å². The second-order valence-corrected chi connectivity index (χ2v) is 10.6. The van der Waals surface area contributed by atoms with Crippen LogP contribution in [0.5, 0.6) is 0 Å². The molecule has 1 aromatic heterocycles. The van der Waals surface area contributed by atoms with Gasteiger partial charge < -0.3 is 5.32 Å². The van der Waals surface area contributed by atoms with E-state index in [1.807, 2.05) is 18.2 Å². The number of sulfone groups is 1. The van der Waals surface area contributed by atoms with Crippen molar-refractivity contribution in [3.63, 3.8) is 0 Å². The Kier molecular flexibility index (Phi) is 5.71. The van der Waals surface area contributed by atoms with Crippen LogP contribution in [0, 0.1) is 0 Å². The van der Waals surface area contributed by atoms with Gasteiger partial charge in [0.2, 0.25) is 5.91 Å². The molecule has 8 heteroatoms. The van der Waals surface area contributed by atoms with Crippen molar-refractivity contribution in [2.45, 2.75) is 43.4 Å². The Hall–Kier alpha value is -2.58. The minimum atomic E-state index is -3.30. The Balaban J connectivity index is 1.38. The van der Waals surface area contributed by atoms with Crippen molar-refractivity contribution in [1.82, 2.24) is 4.98 Å². The van der Waals surface area contributed by atoms with Gasteiger partial charge in [0, 0.05) is 24.7 Å². The van der Waals surface area contributed by atoms with Gasteiger partial charge in [-0.1, -0.05) is 23.5 Å². The van der Waals surface area contributed by atoms with Gasteiger partial charge in [0.1, 0.15) is 0 Å². The zero-order valence-corrected chi connectivity index (χ0v) is 18.2. The maximum atomic E-state index is 12.5. The quantitative estimate of drug-likeness (QED) is 0.578. The van der Waals surface area contributed by atoms with Gasteiger partial charge in [-0.25, -0.2) is 13.4 Å². The van der Waals surface area contributed by atoms with Crippen LogP contribution in [0.3, 0.4) is 0 Å². The number of carbonyl (C=O) groups excluding carboxylic acids is 2. The van der Waals surface area contributed by atoms with E-state index in [9.17, 15) is 18.0 Å². The van der Waals surface area contributed by atoms with E-state index in [0.29, 0.717) is 20.9 Å². The first-order valence-electron chi connectivity index (χ1n) is 9.85. The lowest BCUT2D eigenvalue weighted by Gasteiger charge is -2.16. The van der Waals surface area contributed by atoms with E-state index in [1.54, 1.807) is 12.1 Å². The fraction of sp³-hybridized carbons (Fsp3) is 0.318. The number of rotatable bonds is 6. The van der Waals surface area contributed by atoms with Crippen molar-refractivity contribution in [1.29, 1.82) is 0 Å². The molecule has 1 amide bonds. The first kappa shape index (κ1) is 20.7. The highest BCUT2D eigenvalue weighted by Crippen LogP contribution is 2.28. The number of ketones is 1. The summed E-state index contributed by atoms with van der Waals surface area (Å²) >= 11 is 1.21.